The molecule has 4 amide bonds. The molecule has 3 aromatic carbocycles. The van der Waals surface area contributed by atoms with Crippen molar-refractivity contribution in [1.29, 1.82) is 0 Å². The number of hydrogen-bond donors (Lipinski definition) is 4. The van der Waals surface area contributed by atoms with Gasteiger partial charge in [0.15, 0.2) is 11.6 Å². The highest BCUT2D eigenvalue weighted by atomic mass is 35.5. The maximum Gasteiger partial charge on any atom is 0.287 e. The van der Waals surface area contributed by atoms with Gasteiger partial charge in [-0.05, 0) is 93.1 Å². The average Bonchev–Trinajstić information content (AvgIpc) is 4.19. The number of ether oxygens (including phenoxy) is 1. The first-order valence-corrected chi connectivity index (χ1v) is 26.8. The third-order valence-corrected chi connectivity index (χ3v) is 16.7. The summed E-state index contributed by atoms with van der Waals surface area (Å²) in [4.78, 5) is 69.0. The maximum absolute atomic E-state index is 14.4. The lowest BCUT2D eigenvalue weighted by Crippen LogP contribution is -2.57. The highest BCUT2D eigenvalue weighted by Gasteiger charge is 2.45. The number of nitrogens with zero attached hydrogens (tertiary/aromatic N) is 6. The molecule has 6 heterocycles. The maximum atomic E-state index is 14.4. The van der Waals surface area contributed by atoms with Gasteiger partial charge >= 0.3 is 0 Å². The number of likely N-dealkylation sites (tertiary alicyclic amines) is 1. The Morgan fingerprint density at radius 3 is 2.36 bits per heavy atom. The van der Waals surface area contributed by atoms with Gasteiger partial charge in [-0.15, -0.1) is 32.9 Å². The highest BCUT2D eigenvalue weighted by Crippen LogP contribution is 2.40. The molecular formula is C55H58ClN9O7S2. The van der Waals surface area contributed by atoms with Crippen molar-refractivity contribution in [2.75, 3.05) is 6.54 Å². The molecule has 2 fully saturated rings. The number of hydrogen-bond acceptors (Lipinski definition) is 13. The van der Waals surface area contributed by atoms with E-state index in [4.69, 9.17) is 25.7 Å². The predicted molar refractivity (Wildman–Crippen MR) is 285 cm³/mol. The summed E-state index contributed by atoms with van der Waals surface area (Å²) in [5.41, 5.74) is 8.16. The van der Waals surface area contributed by atoms with Crippen LogP contribution in [0.4, 0.5) is 0 Å². The first-order chi connectivity index (χ1) is 35.3. The van der Waals surface area contributed by atoms with E-state index in [1.807, 2.05) is 100 Å². The molecule has 0 radical (unpaired) electrons. The van der Waals surface area contributed by atoms with Crippen LogP contribution in [0.25, 0.3) is 26.4 Å². The van der Waals surface area contributed by atoms with Crippen molar-refractivity contribution < 1.29 is 33.4 Å². The Morgan fingerprint density at radius 2 is 1.66 bits per heavy atom. The van der Waals surface area contributed by atoms with Gasteiger partial charge in [-0.1, -0.05) is 68.8 Å². The van der Waals surface area contributed by atoms with Crippen molar-refractivity contribution in [1.82, 2.24) is 40.6 Å². The number of β-amino-alcohol motifs (C(OH)–C–C–N with tert-alkyl or cyclic N) is 1. The molecule has 3 aliphatic rings. The molecule has 16 nitrogen and oxygen atoms in total. The number of aliphatic hydroxyl groups is 1. The third-order valence-electron chi connectivity index (χ3n) is 14.2. The molecule has 5 atom stereocenters. The van der Waals surface area contributed by atoms with Crippen molar-refractivity contribution in [2.45, 2.75) is 123 Å². The van der Waals surface area contributed by atoms with E-state index in [9.17, 15) is 24.3 Å². The lowest BCUT2D eigenvalue weighted by molar-refractivity contribution is -0.142. The van der Waals surface area contributed by atoms with Crippen LogP contribution in [0.5, 0.6) is 5.75 Å². The van der Waals surface area contributed by atoms with Gasteiger partial charge in [-0.25, -0.2) is 4.98 Å². The number of thiazole rings is 1. The summed E-state index contributed by atoms with van der Waals surface area (Å²) < 4.78 is 14.4. The second-order valence-electron chi connectivity index (χ2n) is 20.7. The second kappa shape index (κ2) is 20.2. The van der Waals surface area contributed by atoms with E-state index in [1.54, 1.807) is 46.9 Å². The molecule has 7 aromatic rings. The lowest BCUT2D eigenvalue weighted by Gasteiger charge is -2.36. The van der Waals surface area contributed by atoms with E-state index in [2.05, 4.69) is 45.0 Å². The molecule has 2 aliphatic heterocycles. The van der Waals surface area contributed by atoms with Crippen LogP contribution in [0.2, 0.25) is 5.02 Å². The molecule has 0 bridgehead atoms. The Balaban J connectivity index is 0.754. The molecule has 1 aliphatic carbocycles. The molecule has 10 rings (SSSR count). The zero-order valence-electron chi connectivity index (χ0n) is 42.4. The quantitative estimate of drug-likeness (QED) is 0.0862. The van der Waals surface area contributed by atoms with Crippen molar-refractivity contribution in [3.05, 3.63) is 134 Å². The summed E-state index contributed by atoms with van der Waals surface area (Å²) >= 11 is 9.51. The summed E-state index contributed by atoms with van der Waals surface area (Å²) in [5, 5.41) is 31.1. The van der Waals surface area contributed by atoms with Gasteiger partial charge in [0, 0.05) is 58.3 Å². The minimum atomic E-state index is -1.06. The number of carbonyl (C=O) groups excluding carboxylic acids is 4. The smallest absolute Gasteiger partial charge is 0.287 e. The van der Waals surface area contributed by atoms with Crippen molar-refractivity contribution in [3.8, 4) is 21.2 Å². The van der Waals surface area contributed by atoms with E-state index in [0.717, 1.165) is 59.8 Å². The normalized spacial score (nSPS) is 20.2. The molecule has 1 saturated carbocycles. The van der Waals surface area contributed by atoms with Gasteiger partial charge in [0.05, 0.1) is 40.4 Å². The summed E-state index contributed by atoms with van der Waals surface area (Å²) in [6, 6.07) is 19.3. The first kappa shape index (κ1) is 50.8. The monoisotopic (exact) mass is 1060 g/mol. The molecule has 0 spiro atoms. The lowest BCUT2D eigenvalue weighted by atomic mass is 9.85. The topological polar surface area (TPSA) is 206 Å². The van der Waals surface area contributed by atoms with E-state index < -0.39 is 47.4 Å². The minimum Gasteiger partial charge on any atom is -0.490 e. The molecular weight excluding hydrogens is 998 g/mol. The number of amides is 4. The van der Waals surface area contributed by atoms with Crippen LogP contribution >= 0.6 is 34.3 Å². The standard InChI is InChI=1S/C55H58ClN9O7S2/c1-27-30(4)74-54-46(27)47(33-13-15-36(56)16-14-33)60-41(50-63-62-31(5)65(50)54)24-45(67)59-37-21-40(22-37)71-39-17-18-43-35(19-39)20-44(72-43)52(69)61-49(55(6,7)8)53(70)64-25-38(66)23-42(64)51(68)58-28(2)32-9-11-34(12-10-32)48-29(3)57-26-73-48/h9-20,26,28,37-38,40-42,49,66H,21-25H2,1-8H3,(H,58,68)(H,59,67)(H,61,69)/t28-,37?,38+,40?,41?,42-,49+/m0/s1. The Labute approximate surface area is 441 Å². The van der Waals surface area contributed by atoms with Crippen LogP contribution in [0.3, 0.4) is 0 Å². The number of aromatic nitrogens is 4. The van der Waals surface area contributed by atoms with Crippen molar-refractivity contribution in [3.63, 3.8) is 0 Å². The number of aliphatic imine (C=N–C) groups is 1. The fraction of sp³-hybridized carbons (Fsp3) is 0.382. The number of thiophene rings is 1. The zero-order chi connectivity index (χ0) is 52.3. The predicted octanol–water partition coefficient (Wildman–Crippen LogP) is 9.08. The molecule has 74 heavy (non-hydrogen) atoms. The fourth-order valence-electron chi connectivity index (χ4n) is 9.99. The summed E-state index contributed by atoms with van der Waals surface area (Å²) in [5.74, 6) is 0.276. The summed E-state index contributed by atoms with van der Waals surface area (Å²) in [6.07, 6.45) is 0.255. The van der Waals surface area contributed by atoms with Crippen LogP contribution < -0.4 is 20.7 Å². The van der Waals surface area contributed by atoms with E-state index in [1.165, 1.54) is 4.90 Å². The Kier molecular flexibility index (Phi) is 13.9. The number of nitrogens with one attached hydrogen (secondary N) is 3. The number of carbonyl (C=O) groups is 4. The van der Waals surface area contributed by atoms with Gasteiger partial charge in [0.2, 0.25) is 17.7 Å². The zero-order valence-corrected chi connectivity index (χ0v) is 44.7. The largest absolute Gasteiger partial charge is 0.490 e. The number of aliphatic hydroxyl groups excluding tert-OH is 1. The van der Waals surface area contributed by atoms with Gasteiger partial charge in [0.1, 0.15) is 46.4 Å². The molecule has 1 unspecified atom stereocenters. The average molecular weight is 1060 g/mol. The van der Waals surface area contributed by atoms with Gasteiger partial charge in [-0.3, -0.25) is 28.7 Å². The number of rotatable bonds is 13. The van der Waals surface area contributed by atoms with Crippen LogP contribution in [0, 0.1) is 33.1 Å². The third kappa shape index (κ3) is 10.1. The minimum absolute atomic E-state index is 0.000667. The number of aryl methyl sites for hydroxylation is 3. The Bertz CT molecular complexity index is 3330. The summed E-state index contributed by atoms with van der Waals surface area (Å²) in [6.45, 7) is 15.4. The van der Waals surface area contributed by atoms with E-state index >= 15 is 0 Å². The van der Waals surface area contributed by atoms with Crippen LogP contribution in [0.15, 0.2) is 87.7 Å². The highest BCUT2D eigenvalue weighted by molar-refractivity contribution is 7.15. The van der Waals surface area contributed by atoms with Gasteiger partial charge in [-0.2, -0.15) is 0 Å². The van der Waals surface area contributed by atoms with E-state index in [-0.39, 0.29) is 49.2 Å². The second-order valence-corrected chi connectivity index (χ2v) is 23.2. The molecule has 4 aromatic heterocycles. The molecule has 384 valence electrons. The summed E-state index contributed by atoms with van der Waals surface area (Å²) in [7, 11) is 0. The number of benzene rings is 3. The molecule has 4 N–H and O–H groups in total. The van der Waals surface area contributed by atoms with Gasteiger partial charge < -0.3 is 35.1 Å². The van der Waals surface area contributed by atoms with E-state index in [0.29, 0.717) is 40.4 Å². The Hall–Kier alpha value is -6.73. The van der Waals surface area contributed by atoms with Crippen LogP contribution in [-0.4, -0.2) is 96.0 Å². The van der Waals surface area contributed by atoms with Crippen molar-refractivity contribution >= 4 is 74.6 Å². The van der Waals surface area contributed by atoms with Crippen LogP contribution in [-0.2, 0) is 14.4 Å². The number of furan rings is 1. The fourth-order valence-corrected chi connectivity index (χ4v) is 12.1. The number of fused-ring (bicyclic) bond motifs is 4. The van der Waals surface area contributed by atoms with Gasteiger partial charge in [0.25, 0.3) is 5.91 Å². The van der Waals surface area contributed by atoms with Crippen LogP contribution in [0.1, 0.15) is 120 Å². The Morgan fingerprint density at radius 1 is 0.932 bits per heavy atom. The number of halogens is 1. The SMILES string of the molecule is Cc1ncsc1-c1ccc([C@H](C)NC(=O)[C@@H]2C[C@@H](O)CN2C(=O)[C@@H](NC(=O)c2cc3cc(OC4CC(NC(=O)CC5N=C(c6ccc(Cl)cc6)c6c(sc(C)c6C)-n6c(C)nnc65)C4)ccc3o2)C(C)(C)C)cc1. The first-order valence-electron chi connectivity index (χ1n) is 24.8. The molecule has 1 saturated heterocycles. The van der Waals surface area contributed by atoms with Crippen molar-refractivity contribution in [2.24, 2.45) is 10.4 Å². The molecule has 19 heteroatoms.